The highest BCUT2D eigenvalue weighted by Gasteiger charge is 2.50. The van der Waals surface area contributed by atoms with Crippen molar-refractivity contribution < 1.29 is 42.3 Å². The van der Waals surface area contributed by atoms with Crippen molar-refractivity contribution in [3.05, 3.63) is 36.1 Å². The minimum absolute atomic E-state index is 0.119. The zero-order valence-corrected chi connectivity index (χ0v) is 28.5. The van der Waals surface area contributed by atoms with Gasteiger partial charge in [-0.05, 0) is 49.6 Å². The number of ether oxygens (including phenoxy) is 7. The van der Waals surface area contributed by atoms with E-state index in [2.05, 4.69) is 29.9 Å². The zero-order valence-electron chi connectivity index (χ0n) is 27.5. The third kappa shape index (κ3) is 8.48. The normalized spacial score (nSPS) is 24.4. The van der Waals surface area contributed by atoms with E-state index in [1.807, 2.05) is 0 Å². The van der Waals surface area contributed by atoms with Crippen molar-refractivity contribution in [1.82, 2.24) is 19.9 Å². The van der Waals surface area contributed by atoms with Gasteiger partial charge in [-0.15, -0.1) is 0 Å². The van der Waals surface area contributed by atoms with Crippen LogP contribution < -0.4 is 14.8 Å². The van der Waals surface area contributed by atoms with Gasteiger partial charge in [-0.1, -0.05) is 19.6 Å². The van der Waals surface area contributed by atoms with Crippen LogP contribution in [0.1, 0.15) is 26.2 Å². The fourth-order valence-electron chi connectivity index (χ4n) is 5.86. The van der Waals surface area contributed by atoms with Crippen LogP contribution in [-0.4, -0.2) is 98.8 Å². The average Bonchev–Trinajstić information content (AvgIpc) is 3.72. The first-order chi connectivity index (χ1) is 22.6. The van der Waals surface area contributed by atoms with Gasteiger partial charge in [0.05, 0.1) is 25.3 Å². The molecule has 6 rings (SSSR count). The third-order valence-electron chi connectivity index (χ3n) is 8.43. The molecule has 5 heterocycles. The number of nitrogens with one attached hydrogen (secondary N) is 1. The quantitative estimate of drug-likeness (QED) is 0.193. The van der Waals surface area contributed by atoms with Crippen molar-refractivity contribution in [3.63, 3.8) is 0 Å². The smallest absolute Gasteiger partial charge is 0.301 e. The molecule has 3 saturated heterocycles. The Morgan fingerprint density at radius 3 is 2.53 bits per heavy atom. The highest BCUT2D eigenvalue weighted by molar-refractivity contribution is 6.76. The van der Waals surface area contributed by atoms with Crippen molar-refractivity contribution in [2.75, 3.05) is 39.6 Å². The SMILES string of the molecule is CC(=O)NCCOc1ccc(-c2nc3nc(O[C@@H]4CO[C@H]5[C@@H]4OC[C@H]5OC4CCCCO4)n(COCC[Si](C)(C)C)c3cc2F)cc1. The maximum absolute atomic E-state index is 15.7. The molecule has 1 unspecified atom stereocenters. The van der Waals surface area contributed by atoms with Gasteiger partial charge in [0.2, 0.25) is 5.91 Å². The van der Waals surface area contributed by atoms with Crippen LogP contribution in [0.3, 0.4) is 0 Å². The van der Waals surface area contributed by atoms with Crippen LogP contribution in [0, 0.1) is 5.82 Å². The number of hydrogen-bond donors (Lipinski definition) is 1. The summed E-state index contributed by atoms with van der Waals surface area (Å²) in [4.78, 5) is 20.4. The molecule has 14 heteroatoms. The largest absolute Gasteiger partial charge is 0.492 e. The molecular formula is C33H45FN4O8Si. The molecule has 0 aliphatic carbocycles. The van der Waals surface area contributed by atoms with Crippen LogP contribution in [0.25, 0.3) is 22.4 Å². The summed E-state index contributed by atoms with van der Waals surface area (Å²) in [6, 6.07) is 9.63. The summed E-state index contributed by atoms with van der Waals surface area (Å²) in [6.45, 7) is 11.1. The number of carbonyl (C=O) groups excluding carboxylic acids is 1. The molecule has 2 aromatic heterocycles. The number of nitrogens with zero attached hydrogens (tertiary/aromatic N) is 3. The van der Waals surface area contributed by atoms with Crippen molar-refractivity contribution in [2.24, 2.45) is 0 Å². The van der Waals surface area contributed by atoms with Gasteiger partial charge < -0.3 is 38.5 Å². The van der Waals surface area contributed by atoms with E-state index in [1.165, 1.54) is 13.0 Å². The van der Waals surface area contributed by atoms with E-state index in [1.54, 1.807) is 28.8 Å². The molecule has 0 bridgehead atoms. The van der Waals surface area contributed by atoms with E-state index < -0.39 is 20.0 Å². The Morgan fingerprint density at radius 2 is 1.81 bits per heavy atom. The maximum atomic E-state index is 15.7. The summed E-state index contributed by atoms with van der Waals surface area (Å²) in [5, 5.41) is 2.68. The Hall–Kier alpha value is -3.14. The number of pyridine rings is 1. The van der Waals surface area contributed by atoms with Crippen LogP contribution in [0.5, 0.6) is 11.8 Å². The second kappa shape index (κ2) is 15.0. The summed E-state index contributed by atoms with van der Waals surface area (Å²) < 4.78 is 59.8. The second-order valence-corrected chi connectivity index (χ2v) is 19.0. The van der Waals surface area contributed by atoms with Gasteiger partial charge in [0.25, 0.3) is 0 Å². The summed E-state index contributed by atoms with van der Waals surface area (Å²) in [7, 11) is -1.32. The first-order valence-corrected chi connectivity index (χ1v) is 20.1. The molecule has 0 saturated carbocycles. The topological polar surface area (TPSA) is 124 Å². The Morgan fingerprint density at radius 1 is 1.04 bits per heavy atom. The molecule has 12 nitrogen and oxygen atoms in total. The molecule has 1 amide bonds. The monoisotopic (exact) mass is 672 g/mol. The molecule has 3 aromatic rings. The van der Waals surface area contributed by atoms with Crippen molar-refractivity contribution >= 4 is 25.1 Å². The summed E-state index contributed by atoms with van der Waals surface area (Å²) in [6.07, 6.45) is 1.43. The number of imidazole rings is 1. The van der Waals surface area contributed by atoms with E-state index in [4.69, 9.17) is 38.1 Å². The molecule has 47 heavy (non-hydrogen) atoms. The van der Waals surface area contributed by atoms with Crippen LogP contribution >= 0.6 is 0 Å². The number of amides is 1. The molecule has 0 spiro atoms. The first-order valence-electron chi connectivity index (χ1n) is 16.4. The Kier molecular flexibility index (Phi) is 10.7. The van der Waals surface area contributed by atoms with Crippen LogP contribution in [-0.2, 0) is 35.2 Å². The zero-order chi connectivity index (χ0) is 33.0. The minimum Gasteiger partial charge on any atom is -0.492 e. The molecular weight excluding hydrogens is 627 g/mol. The van der Waals surface area contributed by atoms with Crippen molar-refractivity contribution in [3.8, 4) is 23.0 Å². The molecule has 256 valence electrons. The van der Waals surface area contributed by atoms with E-state index in [-0.39, 0.29) is 48.9 Å². The predicted molar refractivity (Wildman–Crippen MR) is 174 cm³/mol. The number of halogens is 1. The fraction of sp³-hybridized carbons (Fsp3) is 0.606. The van der Waals surface area contributed by atoms with Gasteiger partial charge in [0.1, 0.15) is 43.1 Å². The van der Waals surface area contributed by atoms with E-state index in [9.17, 15) is 4.79 Å². The number of rotatable bonds is 14. The lowest BCUT2D eigenvalue weighted by molar-refractivity contribution is -0.202. The molecule has 1 aromatic carbocycles. The summed E-state index contributed by atoms with van der Waals surface area (Å²) >= 11 is 0. The molecule has 3 aliphatic heterocycles. The predicted octanol–water partition coefficient (Wildman–Crippen LogP) is 4.52. The third-order valence-corrected chi connectivity index (χ3v) is 10.1. The van der Waals surface area contributed by atoms with E-state index >= 15 is 4.39 Å². The van der Waals surface area contributed by atoms with E-state index in [0.717, 1.165) is 25.3 Å². The number of benzene rings is 1. The molecule has 1 N–H and O–H groups in total. The number of hydrogen-bond acceptors (Lipinski definition) is 10. The minimum atomic E-state index is -1.32. The van der Waals surface area contributed by atoms with Crippen LogP contribution in [0.2, 0.25) is 25.7 Å². The highest BCUT2D eigenvalue weighted by atomic mass is 28.3. The first kappa shape index (κ1) is 33.7. The molecule has 5 atom stereocenters. The second-order valence-electron chi connectivity index (χ2n) is 13.4. The van der Waals surface area contributed by atoms with E-state index in [0.29, 0.717) is 62.1 Å². The standard InChI is InChI=1S/C33H45FN4O8Si/c1-21(39)35-12-14-41-23-10-8-22(9-11-23)29-24(34)17-25-32(36-29)37-33(38(25)20-40-15-16-47(2,3)4)46-27-19-44-30-26(18-43-31(27)30)45-28-7-5-6-13-42-28/h8-11,17,26-28,30-31H,5-7,12-16,18-20H2,1-4H3,(H,35,39)/t26-,27-,28?,30-,31-/m1/s1. The Balaban J connectivity index is 1.19. The summed E-state index contributed by atoms with van der Waals surface area (Å²) in [5.74, 6) is -0.0209. The fourth-order valence-corrected chi connectivity index (χ4v) is 6.61. The van der Waals surface area contributed by atoms with Gasteiger partial charge in [-0.25, -0.2) is 9.37 Å². The lowest BCUT2D eigenvalue weighted by Crippen LogP contribution is -2.38. The van der Waals surface area contributed by atoms with Gasteiger partial charge >= 0.3 is 6.01 Å². The number of carbonyl (C=O) groups is 1. The Bertz CT molecular complexity index is 1510. The molecule has 3 fully saturated rings. The number of aromatic nitrogens is 3. The maximum Gasteiger partial charge on any atom is 0.301 e. The van der Waals surface area contributed by atoms with Gasteiger partial charge in [-0.2, -0.15) is 4.98 Å². The average molecular weight is 673 g/mol. The number of fused-ring (bicyclic) bond motifs is 2. The van der Waals surface area contributed by atoms with Gasteiger partial charge in [-0.3, -0.25) is 9.36 Å². The summed E-state index contributed by atoms with van der Waals surface area (Å²) in [5.41, 5.74) is 1.53. The van der Waals surface area contributed by atoms with Crippen LogP contribution in [0.15, 0.2) is 30.3 Å². The van der Waals surface area contributed by atoms with Crippen molar-refractivity contribution in [1.29, 1.82) is 0 Å². The highest BCUT2D eigenvalue weighted by Crippen LogP contribution is 2.34. The molecule has 0 radical (unpaired) electrons. The lowest BCUT2D eigenvalue weighted by atomic mass is 10.1. The lowest BCUT2D eigenvalue weighted by Gasteiger charge is -2.27. The van der Waals surface area contributed by atoms with Crippen LogP contribution in [0.4, 0.5) is 4.39 Å². The Labute approximate surface area is 275 Å². The van der Waals surface area contributed by atoms with Gasteiger partial charge in [0, 0.05) is 39.8 Å². The molecule has 3 aliphatic rings. The van der Waals surface area contributed by atoms with Crippen molar-refractivity contribution in [2.45, 2.75) is 89.3 Å². The van der Waals surface area contributed by atoms with Gasteiger partial charge in [0.15, 0.2) is 23.9 Å².